The van der Waals surface area contributed by atoms with E-state index in [-0.39, 0.29) is 0 Å². The van der Waals surface area contributed by atoms with Crippen molar-refractivity contribution >= 4 is 8.07 Å². The van der Waals surface area contributed by atoms with E-state index in [1.807, 2.05) is 5.70 Å². The van der Waals surface area contributed by atoms with Gasteiger partial charge in [-0.2, -0.15) is 0 Å². The van der Waals surface area contributed by atoms with E-state index in [9.17, 15) is 0 Å². The third-order valence-corrected chi connectivity index (χ3v) is 4.61. The first-order chi connectivity index (χ1) is 8.74. The first kappa shape index (κ1) is 16.6. The fourth-order valence-corrected chi connectivity index (χ4v) is 2.93. The van der Waals surface area contributed by atoms with Crippen molar-refractivity contribution in [1.29, 1.82) is 0 Å². The largest absolute Gasteiger partial charge is 0.313 e. The molecule has 0 N–H and O–H groups in total. The molecule has 0 nitrogen and oxygen atoms in total. The van der Waals surface area contributed by atoms with Crippen molar-refractivity contribution in [2.24, 2.45) is 0 Å². The zero-order chi connectivity index (χ0) is 13.7. The molecule has 1 heteroatoms. The molecule has 0 saturated carbocycles. The van der Waals surface area contributed by atoms with E-state index in [2.05, 4.69) is 61.7 Å². The summed E-state index contributed by atoms with van der Waals surface area (Å²) in [6, 6.07) is 0. The van der Waals surface area contributed by atoms with Crippen LogP contribution in [-0.4, -0.2) is 8.07 Å². The van der Waals surface area contributed by atoms with Crippen LogP contribution in [0.25, 0.3) is 0 Å². The van der Waals surface area contributed by atoms with Gasteiger partial charge in [-0.15, -0.1) is 24.3 Å². The van der Waals surface area contributed by atoms with Crippen LogP contribution < -0.4 is 0 Å². The van der Waals surface area contributed by atoms with E-state index in [1.165, 1.54) is 0 Å². The average Bonchev–Trinajstić information content (AvgIpc) is 2.39. The van der Waals surface area contributed by atoms with Crippen molar-refractivity contribution in [2.45, 2.75) is 59.3 Å². The van der Waals surface area contributed by atoms with Gasteiger partial charge in [0.1, 0.15) is 0 Å². The van der Waals surface area contributed by atoms with E-state index in [0.29, 0.717) is 0 Å². The molecule has 0 spiro atoms. The Morgan fingerprint density at radius 3 is 1.33 bits per heavy atom. The first-order valence-corrected chi connectivity index (χ1v) is 8.96. The second kappa shape index (κ2) is 10.8. The maximum Gasteiger partial charge on any atom is 0.313 e. The molecule has 0 bridgehead atoms. The van der Waals surface area contributed by atoms with Gasteiger partial charge in [0.05, 0.1) is 0 Å². The number of unbranched alkanes of at least 4 members (excludes halogenated alkanes) is 3. The molecule has 0 fully saturated rings. The van der Waals surface area contributed by atoms with Gasteiger partial charge in [0.25, 0.3) is 0 Å². The quantitative estimate of drug-likeness (QED) is 0.523. The van der Waals surface area contributed by atoms with Crippen molar-refractivity contribution in [2.75, 3.05) is 0 Å². The third-order valence-electron chi connectivity index (χ3n) is 2.29. The van der Waals surface area contributed by atoms with Crippen LogP contribution >= 0.6 is 0 Å². The summed E-state index contributed by atoms with van der Waals surface area (Å²) in [5, 5.41) is 0. The molecular formula is C17H24Si. The number of rotatable bonds is 4. The van der Waals surface area contributed by atoms with Gasteiger partial charge < -0.3 is 0 Å². The Kier molecular flexibility index (Phi) is 9.95. The SMILES string of the molecule is C=C[Si](C#CCCC)(C#CCCC)C#CCCC. The third kappa shape index (κ3) is 7.06. The fraction of sp³-hybridized carbons (Fsp3) is 0.529. The highest BCUT2D eigenvalue weighted by molar-refractivity contribution is 7.04. The van der Waals surface area contributed by atoms with Gasteiger partial charge in [0.15, 0.2) is 0 Å². The van der Waals surface area contributed by atoms with Crippen LogP contribution in [0.3, 0.4) is 0 Å². The van der Waals surface area contributed by atoms with Crippen LogP contribution in [0.5, 0.6) is 0 Å². The second-order valence-corrected chi connectivity index (χ2v) is 6.94. The van der Waals surface area contributed by atoms with Crippen molar-refractivity contribution in [3.05, 3.63) is 12.3 Å². The van der Waals surface area contributed by atoms with E-state index >= 15 is 0 Å². The predicted molar refractivity (Wildman–Crippen MR) is 84.0 cm³/mol. The Labute approximate surface area is 114 Å². The summed E-state index contributed by atoms with van der Waals surface area (Å²) >= 11 is 0. The molecule has 0 aromatic heterocycles. The number of hydrogen-bond donors (Lipinski definition) is 0. The Balaban J connectivity index is 5.12. The summed E-state index contributed by atoms with van der Waals surface area (Å²) in [4.78, 5) is 0. The maximum absolute atomic E-state index is 3.92. The van der Waals surface area contributed by atoms with Crippen LogP contribution in [-0.2, 0) is 0 Å². The van der Waals surface area contributed by atoms with Crippen molar-refractivity contribution in [3.8, 4) is 34.4 Å². The molecule has 0 atom stereocenters. The highest BCUT2D eigenvalue weighted by atomic mass is 28.3. The minimum Gasteiger partial charge on any atom is -0.108 e. The zero-order valence-electron chi connectivity index (χ0n) is 12.0. The van der Waals surface area contributed by atoms with Crippen molar-refractivity contribution in [1.82, 2.24) is 0 Å². The summed E-state index contributed by atoms with van der Waals surface area (Å²) < 4.78 is 0. The highest BCUT2D eigenvalue weighted by Crippen LogP contribution is 2.02. The summed E-state index contributed by atoms with van der Waals surface area (Å²) in [7, 11) is -2.20. The lowest BCUT2D eigenvalue weighted by molar-refractivity contribution is 0.983. The molecule has 96 valence electrons. The van der Waals surface area contributed by atoms with Gasteiger partial charge in [-0.05, 0) is 19.3 Å². The van der Waals surface area contributed by atoms with Crippen molar-refractivity contribution < 1.29 is 0 Å². The molecule has 18 heavy (non-hydrogen) atoms. The summed E-state index contributed by atoms with van der Waals surface area (Å²) in [5.41, 5.74) is 11.9. The van der Waals surface area contributed by atoms with Crippen LogP contribution in [0.2, 0.25) is 0 Å². The van der Waals surface area contributed by atoms with Crippen LogP contribution in [0, 0.1) is 34.4 Å². The lowest BCUT2D eigenvalue weighted by Gasteiger charge is -2.05. The number of hydrogen-bond acceptors (Lipinski definition) is 0. The lowest BCUT2D eigenvalue weighted by atomic mass is 10.4. The van der Waals surface area contributed by atoms with Crippen LogP contribution in [0.1, 0.15) is 59.3 Å². The van der Waals surface area contributed by atoms with E-state index in [1.54, 1.807) is 0 Å². The average molecular weight is 256 g/mol. The van der Waals surface area contributed by atoms with E-state index < -0.39 is 8.07 Å². The molecule has 0 radical (unpaired) electrons. The van der Waals surface area contributed by atoms with Gasteiger partial charge in [0.2, 0.25) is 0 Å². The smallest absolute Gasteiger partial charge is 0.108 e. The van der Waals surface area contributed by atoms with E-state index in [4.69, 9.17) is 0 Å². The van der Waals surface area contributed by atoms with Gasteiger partial charge in [-0.3, -0.25) is 0 Å². The Morgan fingerprint density at radius 1 is 0.778 bits per heavy atom. The highest BCUT2D eigenvalue weighted by Gasteiger charge is 2.22. The van der Waals surface area contributed by atoms with Crippen LogP contribution in [0.4, 0.5) is 0 Å². The molecule has 0 aromatic carbocycles. The molecule has 0 aliphatic carbocycles. The van der Waals surface area contributed by atoms with Gasteiger partial charge >= 0.3 is 8.07 Å². The topological polar surface area (TPSA) is 0 Å². The molecule has 0 rings (SSSR count). The summed E-state index contributed by atoms with van der Waals surface area (Å²) in [5.74, 6) is 9.65. The first-order valence-electron chi connectivity index (χ1n) is 6.88. The van der Waals surface area contributed by atoms with E-state index in [0.717, 1.165) is 38.5 Å². The minimum atomic E-state index is -2.20. The Morgan fingerprint density at radius 2 is 1.11 bits per heavy atom. The second-order valence-electron chi connectivity index (χ2n) is 4.17. The molecule has 0 unspecified atom stereocenters. The molecule has 0 aliphatic heterocycles. The fourth-order valence-electron chi connectivity index (χ4n) is 1.23. The Bertz CT molecular complexity index is 352. The van der Waals surface area contributed by atoms with Gasteiger partial charge in [0, 0.05) is 19.3 Å². The van der Waals surface area contributed by atoms with Gasteiger partial charge in [-0.25, -0.2) is 0 Å². The molecule has 0 aliphatic rings. The lowest BCUT2D eigenvalue weighted by Crippen LogP contribution is -2.27. The van der Waals surface area contributed by atoms with Crippen LogP contribution in [0.15, 0.2) is 12.3 Å². The minimum absolute atomic E-state index is 0.924. The maximum atomic E-state index is 3.92. The molecular weight excluding hydrogens is 232 g/mol. The molecule has 0 amide bonds. The Hall–Kier alpha value is -1.36. The predicted octanol–water partition coefficient (Wildman–Crippen LogP) is 4.19. The summed E-state index contributed by atoms with van der Waals surface area (Å²) in [6.07, 6.45) is 6.02. The summed E-state index contributed by atoms with van der Waals surface area (Å²) in [6.45, 7) is 10.3. The molecule has 0 aromatic rings. The monoisotopic (exact) mass is 256 g/mol. The molecule has 0 saturated heterocycles. The van der Waals surface area contributed by atoms with Crippen molar-refractivity contribution in [3.63, 3.8) is 0 Å². The normalized spacial score (nSPS) is 9.06. The zero-order valence-corrected chi connectivity index (χ0v) is 13.0. The standard InChI is InChI=1S/C17H24Si/c1-5-9-12-15-18(8-4,16-13-10-6-2)17-14-11-7-3/h8H,4-7,9-11H2,1-3H3. The molecule has 0 heterocycles. The van der Waals surface area contributed by atoms with Gasteiger partial charge in [-0.1, -0.05) is 43.1 Å².